The fourth-order valence-corrected chi connectivity index (χ4v) is 4.32. The molecule has 1 aliphatic carbocycles. The maximum Gasteiger partial charge on any atom is 0.231 e. The van der Waals surface area contributed by atoms with E-state index in [1.54, 1.807) is 6.92 Å². The number of nitrogens with one attached hydrogen (secondary N) is 1. The number of halogens is 1. The van der Waals surface area contributed by atoms with Gasteiger partial charge in [0.2, 0.25) is 5.91 Å². The molecule has 1 N–H and O–H groups in total. The van der Waals surface area contributed by atoms with Crippen molar-refractivity contribution in [1.29, 1.82) is 5.26 Å². The number of carbonyl (C=O) groups is 1. The molecule has 1 aromatic heterocycles. The number of hydrogen-bond acceptors (Lipinski definition) is 5. The molecule has 1 amide bonds. The Bertz CT molecular complexity index is 1110. The molecule has 158 valence electrons. The Morgan fingerprint density at radius 1 is 1.23 bits per heavy atom. The van der Waals surface area contributed by atoms with Crippen LogP contribution in [0.1, 0.15) is 25.3 Å². The Morgan fingerprint density at radius 3 is 2.58 bits per heavy atom. The van der Waals surface area contributed by atoms with Crippen LogP contribution in [0, 0.1) is 17.2 Å². The first-order valence-electron chi connectivity index (χ1n) is 10.1. The van der Waals surface area contributed by atoms with E-state index in [-0.39, 0.29) is 17.6 Å². The summed E-state index contributed by atoms with van der Waals surface area (Å²) in [5.74, 6) is 0.938. The SMILES string of the molecule is CC(C#N)(NC(=O)CSc1nnc(-c2ccc(Cl)cc2)n1Cc1ccccc1)C1CC1. The molecule has 31 heavy (non-hydrogen) atoms. The van der Waals surface area contributed by atoms with Gasteiger partial charge in [-0.25, -0.2) is 0 Å². The predicted octanol–water partition coefficient (Wildman–Crippen LogP) is 4.55. The van der Waals surface area contributed by atoms with Gasteiger partial charge in [-0.2, -0.15) is 5.26 Å². The average Bonchev–Trinajstić information content (AvgIpc) is 3.57. The van der Waals surface area contributed by atoms with Crippen LogP contribution in [0.3, 0.4) is 0 Å². The van der Waals surface area contributed by atoms with E-state index in [9.17, 15) is 10.1 Å². The zero-order valence-corrected chi connectivity index (χ0v) is 18.7. The number of nitrogens with zero attached hydrogens (tertiary/aromatic N) is 4. The van der Waals surface area contributed by atoms with Crippen LogP contribution in [0.5, 0.6) is 0 Å². The fraction of sp³-hybridized carbons (Fsp3) is 0.304. The predicted molar refractivity (Wildman–Crippen MR) is 122 cm³/mol. The molecule has 6 nitrogen and oxygen atoms in total. The first kappa shape index (κ1) is 21.4. The van der Waals surface area contributed by atoms with Gasteiger partial charge >= 0.3 is 0 Å². The minimum Gasteiger partial charge on any atom is -0.337 e. The second-order valence-electron chi connectivity index (χ2n) is 7.81. The van der Waals surface area contributed by atoms with Crippen molar-refractivity contribution in [3.8, 4) is 17.5 Å². The summed E-state index contributed by atoms with van der Waals surface area (Å²) in [4.78, 5) is 12.6. The van der Waals surface area contributed by atoms with Crippen molar-refractivity contribution in [2.45, 2.75) is 37.0 Å². The summed E-state index contributed by atoms with van der Waals surface area (Å²) in [6.45, 7) is 2.37. The summed E-state index contributed by atoms with van der Waals surface area (Å²) in [6, 6.07) is 19.7. The Labute approximate surface area is 190 Å². The molecule has 1 unspecified atom stereocenters. The number of aromatic nitrogens is 3. The molecule has 1 atom stereocenters. The van der Waals surface area contributed by atoms with Crippen LogP contribution in [0.2, 0.25) is 5.02 Å². The summed E-state index contributed by atoms with van der Waals surface area (Å²) < 4.78 is 2.00. The van der Waals surface area contributed by atoms with Crippen molar-refractivity contribution < 1.29 is 4.79 Å². The van der Waals surface area contributed by atoms with Gasteiger partial charge < -0.3 is 5.32 Å². The average molecular weight is 452 g/mol. The molecule has 0 bridgehead atoms. The molecule has 1 fully saturated rings. The number of rotatable bonds is 8. The highest BCUT2D eigenvalue weighted by molar-refractivity contribution is 7.99. The van der Waals surface area contributed by atoms with Gasteiger partial charge in [-0.3, -0.25) is 9.36 Å². The largest absolute Gasteiger partial charge is 0.337 e. The van der Waals surface area contributed by atoms with Crippen molar-refractivity contribution in [3.63, 3.8) is 0 Å². The molecule has 1 aliphatic rings. The van der Waals surface area contributed by atoms with Gasteiger partial charge in [0.05, 0.1) is 18.4 Å². The minimum atomic E-state index is -0.802. The van der Waals surface area contributed by atoms with Crippen LogP contribution in [0.4, 0.5) is 0 Å². The fourth-order valence-electron chi connectivity index (χ4n) is 3.45. The molecule has 8 heteroatoms. The molecule has 3 aromatic rings. The molecule has 0 aliphatic heterocycles. The van der Waals surface area contributed by atoms with E-state index in [1.807, 2.05) is 59.2 Å². The lowest BCUT2D eigenvalue weighted by atomic mass is 9.98. The number of carbonyl (C=O) groups excluding carboxylic acids is 1. The highest BCUT2D eigenvalue weighted by Crippen LogP contribution is 2.39. The van der Waals surface area contributed by atoms with Crippen LogP contribution in [0.15, 0.2) is 59.8 Å². The van der Waals surface area contributed by atoms with Gasteiger partial charge in [-0.1, -0.05) is 53.7 Å². The molecule has 0 radical (unpaired) electrons. The molecular weight excluding hydrogens is 430 g/mol. The van der Waals surface area contributed by atoms with Gasteiger partial charge in [0.1, 0.15) is 5.54 Å². The quantitative estimate of drug-likeness (QED) is 0.508. The molecule has 0 saturated heterocycles. The Morgan fingerprint density at radius 2 is 1.94 bits per heavy atom. The zero-order valence-electron chi connectivity index (χ0n) is 17.1. The van der Waals surface area contributed by atoms with Gasteiger partial charge in [0.15, 0.2) is 11.0 Å². The van der Waals surface area contributed by atoms with Gasteiger partial charge in [0.25, 0.3) is 0 Å². The van der Waals surface area contributed by atoms with Crippen LogP contribution in [-0.2, 0) is 11.3 Å². The first-order chi connectivity index (χ1) is 15.0. The van der Waals surface area contributed by atoms with E-state index in [0.29, 0.717) is 22.5 Å². The van der Waals surface area contributed by atoms with Crippen molar-refractivity contribution in [1.82, 2.24) is 20.1 Å². The van der Waals surface area contributed by atoms with Crippen molar-refractivity contribution >= 4 is 29.3 Å². The number of nitriles is 1. The van der Waals surface area contributed by atoms with E-state index in [2.05, 4.69) is 21.6 Å². The highest BCUT2D eigenvalue weighted by atomic mass is 35.5. The molecule has 0 spiro atoms. The summed E-state index contributed by atoms with van der Waals surface area (Å²) >= 11 is 7.35. The van der Waals surface area contributed by atoms with Crippen LogP contribution < -0.4 is 5.32 Å². The monoisotopic (exact) mass is 451 g/mol. The van der Waals surface area contributed by atoms with Crippen molar-refractivity contribution in [3.05, 3.63) is 65.2 Å². The topological polar surface area (TPSA) is 83.6 Å². The van der Waals surface area contributed by atoms with Gasteiger partial charge in [-0.15, -0.1) is 10.2 Å². The van der Waals surface area contributed by atoms with Crippen molar-refractivity contribution in [2.75, 3.05) is 5.75 Å². The summed E-state index contributed by atoms with van der Waals surface area (Å²) in [6.07, 6.45) is 1.96. The molecular formula is C23H22ClN5OS. The Balaban J connectivity index is 1.54. The first-order valence-corrected chi connectivity index (χ1v) is 11.4. The number of amides is 1. The third-order valence-electron chi connectivity index (χ3n) is 5.36. The smallest absolute Gasteiger partial charge is 0.231 e. The molecule has 4 rings (SSSR count). The summed E-state index contributed by atoms with van der Waals surface area (Å²) in [5, 5.41) is 22.4. The lowest BCUT2D eigenvalue weighted by Gasteiger charge is -2.22. The van der Waals surface area contributed by atoms with Crippen LogP contribution >= 0.6 is 23.4 Å². The highest BCUT2D eigenvalue weighted by Gasteiger charge is 2.43. The third-order valence-corrected chi connectivity index (χ3v) is 6.58. The van der Waals surface area contributed by atoms with Crippen LogP contribution in [0.25, 0.3) is 11.4 Å². The zero-order chi connectivity index (χ0) is 21.8. The van der Waals surface area contributed by atoms with E-state index >= 15 is 0 Å². The lowest BCUT2D eigenvalue weighted by Crippen LogP contribution is -2.47. The van der Waals surface area contributed by atoms with Crippen molar-refractivity contribution in [2.24, 2.45) is 5.92 Å². The van der Waals surface area contributed by atoms with E-state index in [1.165, 1.54) is 11.8 Å². The second kappa shape index (κ2) is 9.13. The maximum absolute atomic E-state index is 12.6. The van der Waals surface area contributed by atoms with Crippen LogP contribution in [-0.4, -0.2) is 32.0 Å². The minimum absolute atomic E-state index is 0.164. The van der Waals surface area contributed by atoms with Gasteiger partial charge in [-0.05, 0) is 55.5 Å². The van der Waals surface area contributed by atoms with E-state index in [0.717, 1.165) is 24.0 Å². The normalized spacial score (nSPS) is 15.1. The summed E-state index contributed by atoms with van der Waals surface area (Å²) in [7, 11) is 0. The lowest BCUT2D eigenvalue weighted by molar-refractivity contribution is -0.119. The maximum atomic E-state index is 12.6. The Hall–Kier alpha value is -2.82. The van der Waals surface area contributed by atoms with Gasteiger partial charge in [0, 0.05) is 10.6 Å². The molecule has 1 saturated carbocycles. The second-order valence-corrected chi connectivity index (χ2v) is 9.19. The van der Waals surface area contributed by atoms with E-state index in [4.69, 9.17) is 11.6 Å². The Kier molecular flexibility index (Phi) is 6.30. The summed E-state index contributed by atoms with van der Waals surface area (Å²) in [5.41, 5.74) is 1.20. The number of benzene rings is 2. The third kappa shape index (κ3) is 5.09. The number of thioether (sulfide) groups is 1. The molecule has 2 aromatic carbocycles. The standard InChI is InChI=1S/C23H22ClN5OS/c1-23(15-25,18-9-10-18)26-20(30)14-31-22-28-27-21(17-7-11-19(24)12-8-17)29(22)13-16-5-3-2-4-6-16/h2-8,11-12,18H,9-10,13-14H2,1H3,(H,26,30). The van der Waals surface area contributed by atoms with E-state index < -0.39 is 5.54 Å². The number of hydrogen-bond donors (Lipinski definition) is 1. The molecule has 1 heterocycles.